The molecule has 2 aromatic carbocycles. The van der Waals surface area contributed by atoms with Crippen LogP contribution in [0.4, 0.5) is 0 Å². The minimum Gasteiger partial charge on any atom is -0.507 e. The Kier molecular flexibility index (Phi) is 3.81. The molecular formula is C15H17OP. The molecule has 1 unspecified atom stereocenters. The van der Waals surface area contributed by atoms with Crippen molar-refractivity contribution in [1.29, 1.82) is 0 Å². The van der Waals surface area contributed by atoms with Crippen molar-refractivity contribution in [3.8, 4) is 5.75 Å². The van der Waals surface area contributed by atoms with Gasteiger partial charge in [0.05, 0.1) is 0 Å². The van der Waals surface area contributed by atoms with Gasteiger partial charge in [-0.15, -0.1) is 0 Å². The molecule has 0 heterocycles. The minimum absolute atomic E-state index is 0.420. The van der Waals surface area contributed by atoms with Crippen LogP contribution in [0.1, 0.15) is 12.5 Å². The van der Waals surface area contributed by atoms with Gasteiger partial charge in [-0.25, -0.2) is 0 Å². The highest BCUT2D eigenvalue weighted by atomic mass is 31.1. The van der Waals surface area contributed by atoms with Crippen LogP contribution in [-0.4, -0.2) is 11.3 Å². The molecular weight excluding hydrogens is 227 g/mol. The third kappa shape index (κ3) is 2.50. The van der Waals surface area contributed by atoms with Crippen molar-refractivity contribution in [2.24, 2.45) is 0 Å². The Hall–Kier alpha value is -1.33. The van der Waals surface area contributed by atoms with Crippen LogP contribution < -0.4 is 10.6 Å². The van der Waals surface area contributed by atoms with Crippen molar-refractivity contribution in [3.63, 3.8) is 0 Å². The van der Waals surface area contributed by atoms with Gasteiger partial charge >= 0.3 is 0 Å². The first-order chi connectivity index (χ1) is 8.24. The molecule has 1 N–H and O–H groups in total. The number of benzene rings is 2. The maximum Gasteiger partial charge on any atom is 0.123 e. The minimum atomic E-state index is -0.440. The summed E-state index contributed by atoms with van der Waals surface area (Å²) in [6.07, 6.45) is 1.05. The second-order valence-corrected chi connectivity index (χ2v) is 6.47. The Labute approximate surface area is 104 Å². The van der Waals surface area contributed by atoms with Crippen LogP contribution in [0.15, 0.2) is 48.5 Å². The first-order valence-corrected chi connectivity index (χ1v) is 7.38. The topological polar surface area (TPSA) is 20.2 Å². The summed E-state index contributed by atoms with van der Waals surface area (Å²) < 4.78 is 0. The molecule has 88 valence electrons. The van der Waals surface area contributed by atoms with Crippen LogP contribution in [0.5, 0.6) is 5.75 Å². The van der Waals surface area contributed by atoms with Crippen LogP contribution in [0.3, 0.4) is 0 Å². The van der Waals surface area contributed by atoms with Gasteiger partial charge in [0.25, 0.3) is 0 Å². The highest BCUT2D eigenvalue weighted by Gasteiger charge is 2.16. The summed E-state index contributed by atoms with van der Waals surface area (Å²) in [6.45, 7) is 4.32. The van der Waals surface area contributed by atoms with Gasteiger partial charge in [-0.1, -0.05) is 49.4 Å². The molecule has 2 heteroatoms. The molecule has 1 atom stereocenters. The van der Waals surface area contributed by atoms with Crippen LogP contribution in [0.25, 0.3) is 0 Å². The highest BCUT2D eigenvalue weighted by molar-refractivity contribution is 7.73. The van der Waals surface area contributed by atoms with E-state index in [-0.39, 0.29) is 0 Å². The Morgan fingerprint density at radius 2 is 1.53 bits per heavy atom. The van der Waals surface area contributed by atoms with Gasteiger partial charge in [0.15, 0.2) is 0 Å². The predicted octanol–water partition coefficient (Wildman–Crippen LogP) is 3.15. The van der Waals surface area contributed by atoms with Gasteiger partial charge in [-0.2, -0.15) is 0 Å². The molecule has 0 fully saturated rings. The van der Waals surface area contributed by atoms with Crippen LogP contribution >= 0.6 is 7.92 Å². The number of aromatic hydroxyl groups is 1. The third-order valence-corrected chi connectivity index (χ3v) is 5.57. The summed E-state index contributed by atoms with van der Waals surface area (Å²) >= 11 is 0. The van der Waals surface area contributed by atoms with E-state index >= 15 is 0 Å². The standard InChI is InChI=1S/C15H17OP/c1-3-17(14-10-6-4-8-12(14)2)15-11-7-5-9-13(15)16/h4-11,16H,3H2,1-2H3. The molecule has 0 aromatic heterocycles. The van der Waals surface area contributed by atoms with Gasteiger partial charge in [-0.05, 0) is 37.9 Å². The van der Waals surface area contributed by atoms with E-state index in [2.05, 4.69) is 38.1 Å². The van der Waals surface area contributed by atoms with E-state index in [0.29, 0.717) is 5.75 Å². The van der Waals surface area contributed by atoms with Crippen LogP contribution in [-0.2, 0) is 0 Å². The average molecular weight is 244 g/mol. The number of aryl methyl sites for hydroxylation is 1. The van der Waals surface area contributed by atoms with Crippen molar-refractivity contribution in [3.05, 3.63) is 54.1 Å². The molecule has 0 aliphatic carbocycles. The summed E-state index contributed by atoms with van der Waals surface area (Å²) in [7, 11) is -0.440. The molecule has 17 heavy (non-hydrogen) atoms. The molecule has 0 aliphatic heterocycles. The third-order valence-electron chi connectivity index (χ3n) is 2.90. The largest absolute Gasteiger partial charge is 0.507 e. The molecule has 1 nitrogen and oxygen atoms in total. The van der Waals surface area contributed by atoms with E-state index in [1.165, 1.54) is 10.9 Å². The molecule has 2 rings (SSSR count). The zero-order valence-corrected chi connectivity index (χ0v) is 11.1. The molecule has 0 saturated carbocycles. The molecule has 0 aliphatic rings. The van der Waals surface area contributed by atoms with E-state index in [0.717, 1.165) is 11.5 Å². The van der Waals surface area contributed by atoms with Crippen molar-refractivity contribution < 1.29 is 5.11 Å². The second-order valence-electron chi connectivity index (χ2n) is 4.02. The number of phenols is 1. The molecule has 0 radical (unpaired) electrons. The van der Waals surface area contributed by atoms with E-state index in [1.54, 1.807) is 6.07 Å². The number of hydrogen-bond acceptors (Lipinski definition) is 1. The summed E-state index contributed by atoms with van der Waals surface area (Å²) in [5.41, 5.74) is 1.31. The lowest BCUT2D eigenvalue weighted by Crippen LogP contribution is -2.15. The Morgan fingerprint density at radius 3 is 2.12 bits per heavy atom. The number of hydrogen-bond donors (Lipinski definition) is 1. The van der Waals surface area contributed by atoms with Gasteiger partial charge in [0, 0.05) is 5.30 Å². The lowest BCUT2D eigenvalue weighted by molar-refractivity contribution is 0.480. The highest BCUT2D eigenvalue weighted by Crippen LogP contribution is 2.37. The van der Waals surface area contributed by atoms with E-state index in [4.69, 9.17) is 0 Å². The Balaban J connectivity index is 2.48. The summed E-state index contributed by atoms with van der Waals surface area (Å²) in [5, 5.41) is 12.4. The molecule has 0 spiro atoms. The molecule has 0 saturated heterocycles. The maximum atomic E-state index is 9.98. The number of rotatable bonds is 3. The zero-order chi connectivity index (χ0) is 12.3. The normalized spacial score (nSPS) is 12.4. The van der Waals surface area contributed by atoms with E-state index in [1.807, 2.05) is 18.2 Å². The smallest absolute Gasteiger partial charge is 0.123 e. The first kappa shape index (κ1) is 12.1. The Bertz CT molecular complexity index is 462. The lowest BCUT2D eigenvalue weighted by Gasteiger charge is -2.19. The van der Waals surface area contributed by atoms with E-state index < -0.39 is 7.92 Å². The van der Waals surface area contributed by atoms with Crippen LogP contribution in [0, 0.1) is 6.92 Å². The van der Waals surface area contributed by atoms with Gasteiger partial charge in [-0.3, -0.25) is 0 Å². The van der Waals surface area contributed by atoms with Crippen molar-refractivity contribution in [2.45, 2.75) is 13.8 Å². The lowest BCUT2D eigenvalue weighted by atomic mass is 10.2. The maximum absolute atomic E-state index is 9.98. The zero-order valence-electron chi connectivity index (χ0n) is 10.2. The number of para-hydroxylation sites is 1. The Morgan fingerprint density at radius 1 is 0.941 bits per heavy atom. The summed E-state index contributed by atoms with van der Waals surface area (Å²) in [6, 6.07) is 16.1. The fraction of sp³-hybridized carbons (Fsp3) is 0.200. The van der Waals surface area contributed by atoms with Gasteiger partial charge in [0.1, 0.15) is 5.75 Å². The predicted molar refractivity (Wildman–Crippen MR) is 76.0 cm³/mol. The second kappa shape index (κ2) is 5.33. The molecule has 0 bridgehead atoms. The summed E-state index contributed by atoms with van der Waals surface area (Å²) in [4.78, 5) is 0. The van der Waals surface area contributed by atoms with Crippen molar-refractivity contribution in [2.75, 3.05) is 6.16 Å². The van der Waals surface area contributed by atoms with E-state index in [9.17, 15) is 5.11 Å². The molecule has 0 amide bonds. The van der Waals surface area contributed by atoms with Gasteiger partial charge in [0.2, 0.25) is 0 Å². The number of phenolic OH excluding ortho intramolecular Hbond substituents is 1. The van der Waals surface area contributed by atoms with Gasteiger partial charge < -0.3 is 5.11 Å². The van der Waals surface area contributed by atoms with Crippen LogP contribution in [0.2, 0.25) is 0 Å². The fourth-order valence-electron chi connectivity index (χ4n) is 2.03. The average Bonchev–Trinajstić information content (AvgIpc) is 2.34. The quantitative estimate of drug-likeness (QED) is 0.822. The van der Waals surface area contributed by atoms with Crippen molar-refractivity contribution in [1.82, 2.24) is 0 Å². The molecule has 2 aromatic rings. The summed E-state index contributed by atoms with van der Waals surface area (Å²) in [5.74, 6) is 0.420. The SMILES string of the molecule is CCP(c1ccccc1C)c1ccccc1O. The first-order valence-electron chi connectivity index (χ1n) is 5.85. The fourth-order valence-corrected chi connectivity index (χ4v) is 4.35. The monoisotopic (exact) mass is 244 g/mol. The van der Waals surface area contributed by atoms with Crippen molar-refractivity contribution >= 4 is 18.5 Å².